The Bertz CT molecular complexity index is 834. The van der Waals surface area contributed by atoms with Crippen molar-refractivity contribution in [1.29, 1.82) is 0 Å². The zero-order chi connectivity index (χ0) is 17.4. The molecule has 1 atom stereocenters. The van der Waals surface area contributed by atoms with E-state index in [-0.39, 0.29) is 6.04 Å². The summed E-state index contributed by atoms with van der Waals surface area (Å²) >= 11 is 4.67. The molecule has 2 aliphatic rings. The Morgan fingerprint density at radius 2 is 1.84 bits per heavy atom. The van der Waals surface area contributed by atoms with Crippen molar-refractivity contribution in [1.82, 2.24) is 9.21 Å². The number of hydrogen-bond donors (Lipinski definition) is 0. The average molecular weight is 441 g/mol. The van der Waals surface area contributed by atoms with Gasteiger partial charge in [0.1, 0.15) is 4.21 Å². The van der Waals surface area contributed by atoms with Gasteiger partial charge in [0, 0.05) is 31.7 Å². The van der Waals surface area contributed by atoms with Crippen molar-refractivity contribution in [3.8, 4) is 0 Å². The van der Waals surface area contributed by atoms with E-state index in [1.54, 1.807) is 10.4 Å². The van der Waals surface area contributed by atoms with Gasteiger partial charge < -0.3 is 0 Å². The van der Waals surface area contributed by atoms with Gasteiger partial charge in [0.2, 0.25) is 0 Å². The summed E-state index contributed by atoms with van der Waals surface area (Å²) in [4.78, 5) is 2.48. The summed E-state index contributed by atoms with van der Waals surface area (Å²) in [6, 6.07) is 14.4. The average Bonchev–Trinajstić information content (AvgIpc) is 3.36. The van der Waals surface area contributed by atoms with Crippen LogP contribution in [0.4, 0.5) is 0 Å². The SMILES string of the molecule is O=S(=O)(c1ccc(Br)s1)N1CCN(C2CC2)CC1Cc1ccccc1. The summed E-state index contributed by atoms with van der Waals surface area (Å²) in [7, 11) is -3.44. The number of benzene rings is 1. The predicted octanol–water partition coefficient (Wildman–Crippen LogP) is 3.59. The van der Waals surface area contributed by atoms with E-state index >= 15 is 0 Å². The largest absolute Gasteiger partial charge is 0.297 e. The molecule has 134 valence electrons. The minimum absolute atomic E-state index is 0.0115. The van der Waals surface area contributed by atoms with Crippen molar-refractivity contribution >= 4 is 37.3 Å². The van der Waals surface area contributed by atoms with E-state index in [1.807, 2.05) is 24.3 Å². The molecule has 25 heavy (non-hydrogen) atoms. The first-order chi connectivity index (χ1) is 12.0. The van der Waals surface area contributed by atoms with E-state index in [4.69, 9.17) is 0 Å². The maximum absolute atomic E-state index is 13.2. The molecular formula is C18H21BrN2O2S2. The predicted molar refractivity (Wildman–Crippen MR) is 104 cm³/mol. The lowest BCUT2D eigenvalue weighted by Crippen LogP contribution is -2.56. The highest BCUT2D eigenvalue weighted by Crippen LogP contribution is 2.34. The van der Waals surface area contributed by atoms with Gasteiger partial charge in [-0.3, -0.25) is 4.90 Å². The van der Waals surface area contributed by atoms with E-state index in [0.29, 0.717) is 16.8 Å². The van der Waals surface area contributed by atoms with E-state index in [2.05, 4.69) is 33.0 Å². The Kier molecular flexibility index (Phi) is 5.03. The standard InChI is InChI=1S/C18H21BrN2O2S2/c19-17-8-9-18(24-17)25(22,23)21-11-10-20(15-6-7-15)13-16(21)12-14-4-2-1-3-5-14/h1-5,8-9,15-16H,6-7,10-13H2. The van der Waals surface area contributed by atoms with Crippen LogP contribution in [-0.4, -0.2) is 49.3 Å². The number of sulfonamides is 1. The fourth-order valence-electron chi connectivity index (χ4n) is 3.55. The molecule has 4 rings (SSSR count). The minimum Gasteiger partial charge on any atom is -0.297 e. The van der Waals surface area contributed by atoms with Crippen molar-refractivity contribution in [2.75, 3.05) is 19.6 Å². The number of thiophene rings is 1. The van der Waals surface area contributed by atoms with Crippen LogP contribution < -0.4 is 0 Å². The van der Waals surface area contributed by atoms with Gasteiger partial charge in [0.25, 0.3) is 10.0 Å². The number of hydrogen-bond acceptors (Lipinski definition) is 4. The van der Waals surface area contributed by atoms with Gasteiger partial charge in [0.15, 0.2) is 0 Å². The summed E-state index contributed by atoms with van der Waals surface area (Å²) in [5.74, 6) is 0. The van der Waals surface area contributed by atoms with Crippen LogP contribution in [0.1, 0.15) is 18.4 Å². The second kappa shape index (κ2) is 7.12. The molecule has 4 nitrogen and oxygen atoms in total. The van der Waals surface area contributed by atoms with E-state index in [1.165, 1.54) is 29.7 Å². The normalized spacial score (nSPS) is 23.0. The van der Waals surface area contributed by atoms with E-state index in [0.717, 1.165) is 23.3 Å². The highest BCUT2D eigenvalue weighted by Gasteiger charge is 2.40. The molecule has 2 fully saturated rings. The molecule has 1 saturated carbocycles. The Morgan fingerprint density at radius 1 is 1.08 bits per heavy atom. The number of nitrogens with zero attached hydrogens (tertiary/aromatic N) is 2. The second-order valence-corrected chi connectivity index (χ2v) is 11.3. The van der Waals surface area contributed by atoms with Crippen molar-refractivity contribution in [3.05, 3.63) is 51.8 Å². The summed E-state index contributed by atoms with van der Waals surface area (Å²) in [5, 5.41) is 0. The van der Waals surface area contributed by atoms with Crippen LogP contribution in [0.3, 0.4) is 0 Å². The first-order valence-electron chi connectivity index (χ1n) is 8.59. The topological polar surface area (TPSA) is 40.6 Å². The lowest BCUT2D eigenvalue weighted by atomic mass is 10.0. The van der Waals surface area contributed by atoms with Gasteiger partial charge >= 0.3 is 0 Å². The third-order valence-electron chi connectivity index (χ3n) is 4.95. The highest BCUT2D eigenvalue weighted by atomic mass is 79.9. The Balaban J connectivity index is 1.61. The quantitative estimate of drug-likeness (QED) is 0.712. The van der Waals surface area contributed by atoms with Crippen molar-refractivity contribution < 1.29 is 8.42 Å². The molecule has 1 aliphatic carbocycles. The third kappa shape index (κ3) is 3.85. The monoisotopic (exact) mass is 440 g/mol. The fourth-order valence-corrected chi connectivity index (χ4v) is 7.30. The molecule has 0 amide bonds. The Labute approximate surface area is 161 Å². The first kappa shape index (κ1) is 17.7. The van der Waals surface area contributed by atoms with Crippen LogP contribution in [0.5, 0.6) is 0 Å². The van der Waals surface area contributed by atoms with Crippen LogP contribution >= 0.6 is 27.3 Å². The van der Waals surface area contributed by atoms with Crippen LogP contribution in [0.25, 0.3) is 0 Å². The molecule has 0 N–H and O–H groups in total. The molecule has 2 aromatic rings. The van der Waals surface area contributed by atoms with Crippen LogP contribution in [-0.2, 0) is 16.4 Å². The smallest absolute Gasteiger partial charge is 0.252 e. The first-order valence-corrected chi connectivity index (χ1v) is 11.6. The van der Waals surface area contributed by atoms with Crippen LogP contribution in [0, 0.1) is 0 Å². The van der Waals surface area contributed by atoms with Crippen molar-refractivity contribution in [2.24, 2.45) is 0 Å². The zero-order valence-electron chi connectivity index (χ0n) is 13.8. The van der Waals surface area contributed by atoms with Gasteiger partial charge in [-0.15, -0.1) is 11.3 Å². The lowest BCUT2D eigenvalue weighted by molar-refractivity contribution is 0.128. The minimum atomic E-state index is -3.44. The molecule has 7 heteroatoms. The molecule has 1 aromatic heterocycles. The van der Waals surface area contributed by atoms with Crippen molar-refractivity contribution in [3.63, 3.8) is 0 Å². The summed E-state index contributed by atoms with van der Waals surface area (Å²) in [6.45, 7) is 2.24. The number of rotatable bonds is 5. The number of piperazine rings is 1. The Hall–Kier alpha value is -0.730. The number of halogens is 1. The second-order valence-electron chi connectivity index (χ2n) is 6.74. The van der Waals surface area contributed by atoms with E-state index in [9.17, 15) is 8.42 Å². The molecule has 0 radical (unpaired) electrons. The molecule has 1 aliphatic heterocycles. The van der Waals surface area contributed by atoms with Crippen LogP contribution in [0.2, 0.25) is 0 Å². The van der Waals surface area contributed by atoms with Gasteiger partial charge in [-0.1, -0.05) is 30.3 Å². The summed E-state index contributed by atoms with van der Waals surface area (Å²) < 4.78 is 29.4. The molecule has 0 spiro atoms. The van der Waals surface area contributed by atoms with Gasteiger partial charge in [0.05, 0.1) is 3.79 Å². The Morgan fingerprint density at radius 3 is 2.48 bits per heavy atom. The maximum Gasteiger partial charge on any atom is 0.252 e. The molecule has 0 bridgehead atoms. The van der Waals surface area contributed by atoms with Gasteiger partial charge in [-0.05, 0) is 52.9 Å². The third-order valence-corrected chi connectivity index (χ3v) is 8.99. The molecular weight excluding hydrogens is 420 g/mol. The fraction of sp³-hybridized carbons (Fsp3) is 0.444. The lowest BCUT2D eigenvalue weighted by Gasteiger charge is -2.40. The van der Waals surface area contributed by atoms with E-state index < -0.39 is 10.0 Å². The molecule has 1 saturated heterocycles. The highest BCUT2D eigenvalue weighted by molar-refractivity contribution is 9.11. The van der Waals surface area contributed by atoms with Gasteiger partial charge in [-0.2, -0.15) is 4.31 Å². The molecule has 1 aromatic carbocycles. The van der Waals surface area contributed by atoms with Crippen LogP contribution in [0.15, 0.2) is 50.5 Å². The van der Waals surface area contributed by atoms with Gasteiger partial charge in [-0.25, -0.2) is 8.42 Å². The summed E-state index contributed by atoms with van der Waals surface area (Å²) in [5.41, 5.74) is 1.19. The van der Waals surface area contributed by atoms with Crippen molar-refractivity contribution in [2.45, 2.75) is 35.6 Å². The maximum atomic E-state index is 13.2. The summed E-state index contributed by atoms with van der Waals surface area (Å²) in [6.07, 6.45) is 3.27. The zero-order valence-corrected chi connectivity index (χ0v) is 17.1. The molecule has 1 unspecified atom stereocenters. The molecule has 2 heterocycles.